The molecule has 4 rings (SSSR count). The maximum atomic E-state index is 12.9. The summed E-state index contributed by atoms with van der Waals surface area (Å²) in [6, 6.07) is 6.96. The molecular formula is C18H18N4O3. The van der Waals surface area contributed by atoms with Crippen molar-refractivity contribution in [3.63, 3.8) is 0 Å². The van der Waals surface area contributed by atoms with Gasteiger partial charge in [-0.1, -0.05) is 5.16 Å². The number of carbonyl (C=O) groups excluding carboxylic acids is 1. The van der Waals surface area contributed by atoms with Crippen LogP contribution < -0.4 is 15.8 Å². The first-order chi connectivity index (χ1) is 12.1. The zero-order chi connectivity index (χ0) is 17.6. The van der Waals surface area contributed by atoms with Gasteiger partial charge in [0.2, 0.25) is 0 Å². The molecule has 0 unspecified atom stereocenters. The van der Waals surface area contributed by atoms with Crippen molar-refractivity contribution in [1.82, 2.24) is 10.1 Å². The number of benzene rings is 1. The van der Waals surface area contributed by atoms with Crippen molar-refractivity contribution in [3.05, 3.63) is 41.2 Å². The zero-order valence-electron chi connectivity index (χ0n) is 14.0. The van der Waals surface area contributed by atoms with Crippen LogP contribution in [0.2, 0.25) is 0 Å². The molecule has 0 atom stereocenters. The van der Waals surface area contributed by atoms with Gasteiger partial charge in [-0.05, 0) is 44.0 Å². The molecule has 1 aliphatic carbocycles. The molecule has 1 amide bonds. The van der Waals surface area contributed by atoms with Crippen LogP contribution in [0.15, 0.2) is 28.8 Å². The Hall–Kier alpha value is -3.09. The van der Waals surface area contributed by atoms with Gasteiger partial charge in [0.05, 0.1) is 29.4 Å². The van der Waals surface area contributed by atoms with Crippen LogP contribution in [0.5, 0.6) is 5.75 Å². The number of nitrogens with one attached hydrogen (secondary N) is 1. The number of nitrogens with zero attached hydrogens (tertiary/aromatic N) is 2. The monoisotopic (exact) mass is 338 g/mol. The molecule has 7 heteroatoms. The van der Waals surface area contributed by atoms with Crippen molar-refractivity contribution in [1.29, 1.82) is 0 Å². The van der Waals surface area contributed by atoms with Crippen molar-refractivity contribution >= 4 is 28.4 Å². The number of anilines is 2. The molecule has 2 heterocycles. The molecule has 3 N–H and O–H groups in total. The summed E-state index contributed by atoms with van der Waals surface area (Å²) in [4.78, 5) is 17.4. The number of amides is 1. The summed E-state index contributed by atoms with van der Waals surface area (Å²) in [6.07, 6.45) is 2.17. The summed E-state index contributed by atoms with van der Waals surface area (Å²) >= 11 is 0. The average Bonchev–Trinajstić information content (AvgIpc) is 3.38. The summed E-state index contributed by atoms with van der Waals surface area (Å²) in [5.41, 5.74) is 9.40. The van der Waals surface area contributed by atoms with E-state index >= 15 is 0 Å². The van der Waals surface area contributed by atoms with Crippen LogP contribution >= 0.6 is 0 Å². The molecule has 128 valence electrons. The number of hydrogen-bond acceptors (Lipinski definition) is 6. The lowest BCUT2D eigenvalue weighted by Crippen LogP contribution is -2.13. The lowest BCUT2D eigenvalue weighted by Gasteiger charge is -2.10. The SMILES string of the molecule is COc1ccc(NC(=O)c2cc(C3CC3)nc3onc(C)c23)cc1N. The van der Waals surface area contributed by atoms with Crippen LogP contribution in [-0.4, -0.2) is 23.2 Å². The fourth-order valence-corrected chi connectivity index (χ4v) is 2.89. The van der Waals surface area contributed by atoms with E-state index in [4.69, 9.17) is 15.0 Å². The Morgan fingerprint density at radius 2 is 2.16 bits per heavy atom. The smallest absolute Gasteiger partial charge is 0.259 e. The summed E-state index contributed by atoms with van der Waals surface area (Å²) in [5.74, 6) is 0.721. The number of carbonyl (C=O) groups is 1. The van der Waals surface area contributed by atoms with Crippen molar-refractivity contribution in [2.24, 2.45) is 0 Å². The Morgan fingerprint density at radius 3 is 2.84 bits per heavy atom. The van der Waals surface area contributed by atoms with E-state index in [-0.39, 0.29) is 5.91 Å². The highest BCUT2D eigenvalue weighted by molar-refractivity contribution is 6.12. The van der Waals surface area contributed by atoms with Crippen molar-refractivity contribution in [3.8, 4) is 5.75 Å². The second-order valence-electron chi connectivity index (χ2n) is 6.23. The van der Waals surface area contributed by atoms with E-state index in [1.165, 1.54) is 0 Å². The molecule has 1 aromatic carbocycles. The molecule has 0 bridgehead atoms. The summed E-state index contributed by atoms with van der Waals surface area (Å²) in [6.45, 7) is 1.80. The number of fused-ring (bicyclic) bond motifs is 1. The predicted octanol–water partition coefficient (Wildman–Crippen LogP) is 3.25. The second-order valence-corrected chi connectivity index (χ2v) is 6.23. The molecule has 25 heavy (non-hydrogen) atoms. The highest BCUT2D eigenvalue weighted by atomic mass is 16.5. The van der Waals surface area contributed by atoms with E-state index in [1.54, 1.807) is 32.2 Å². The van der Waals surface area contributed by atoms with Crippen molar-refractivity contribution < 1.29 is 14.1 Å². The van der Waals surface area contributed by atoms with Gasteiger partial charge >= 0.3 is 0 Å². The van der Waals surface area contributed by atoms with Gasteiger partial charge in [0.15, 0.2) is 0 Å². The minimum atomic E-state index is -0.245. The normalized spacial score (nSPS) is 13.8. The van der Waals surface area contributed by atoms with Gasteiger partial charge in [0.1, 0.15) is 5.75 Å². The van der Waals surface area contributed by atoms with Gasteiger partial charge in [0.25, 0.3) is 11.6 Å². The summed E-state index contributed by atoms with van der Waals surface area (Å²) < 4.78 is 10.4. The van der Waals surface area contributed by atoms with E-state index in [1.807, 2.05) is 6.07 Å². The maximum Gasteiger partial charge on any atom is 0.259 e. The number of nitrogen functional groups attached to an aromatic ring is 1. The first-order valence-corrected chi connectivity index (χ1v) is 8.08. The van der Waals surface area contributed by atoms with Gasteiger partial charge in [-0.3, -0.25) is 4.79 Å². The first kappa shape index (κ1) is 15.4. The standard InChI is InChI=1S/C18H18N4O3/c1-9-16-12(8-14(10-3-4-10)21-18(16)25-22-9)17(23)20-11-5-6-15(24-2)13(19)7-11/h5-8,10H,3-4,19H2,1-2H3,(H,20,23). The lowest BCUT2D eigenvalue weighted by molar-refractivity contribution is 0.102. The quantitative estimate of drug-likeness (QED) is 0.708. The third kappa shape index (κ3) is 2.77. The van der Waals surface area contributed by atoms with Crippen molar-refractivity contribution in [2.45, 2.75) is 25.7 Å². The molecule has 0 radical (unpaired) electrons. The van der Waals surface area contributed by atoms with Gasteiger partial charge in [0, 0.05) is 17.3 Å². The van der Waals surface area contributed by atoms with Gasteiger partial charge in [-0.25, -0.2) is 4.98 Å². The number of nitrogens with two attached hydrogens (primary N) is 1. The van der Waals surface area contributed by atoms with E-state index in [0.29, 0.717) is 45.4 Å². The molecule has 0 aliphatic heterocycles. The zero-order valence-corrected chi connectivity index (χ0v) is 14.0. The Morgan fingerprint density at radius 1 is 1.36 bits per heavy atom. The Labute approximate surface area is 144 Å². The van der Waals surface area contributed by atoms with Crippen LogP contribution in [0.3, 0.4) is 0 Å². The van der Waals surface area contributed by atoms with Gasteiger partial charge in [-0.2, -0.15) is 0 Å². The van der Waals surface area contributed by atoms with E-state index in [0.717, 1.165) is 18.5 Å². The number of pyridine rings is 1. The Balaban J connectivity index is 1.71. The number of rotatable bonds is 4. The molecule has 1 aliphatic rings. The molecule has 1 fully saturated rings. The van der Waals surface area contributed by atoms with E-state index < -0.39 is 0 Å². The maximum absolute atomic E-state index is 12.9. The van der Waals surface area contributed by atoms with E-state index in [9.17, 15) is 4.79 Å². The first-order valence-electron chi connectivity index (χ1n) is 8.08. The predicted molar refractivity (Wildman–Crippen MR) is 93.9 cm³/mol. The summed E-state index contributed by atoms with van der Waals surface area (Å²) in [7, 11) is 1.55. The topological polar surface area (TPSA) is 103 Å². The number of ether oxygens (including phenoxy) is 1. The average molecular weight is 338 g/mol. The van der Waals surface area contributed by atoms with Crippen LogP contribution in [0.1, 0.15) is 40.5 Å². The van der Waals surface area contributed by atoms with Gasteiger partial charge < -0.3 is 20.3 Å². The second kappa shape index (κ2) is 5.77. The Bertz CT molecular complexity index is 976. The van der Waals surface area contributed by atoms with Crippen molar-refractivity contribution in [2.75, 3.05) is 18.2 Å². The number of hydrogen-bond donors (Lipinski definition) is 2. The van der Waals surface area contributed by atoms with E-state index in [2.05, 4.69) is 15.5 Å². The van der Waals surface area contributed by atoms with Crippen LogP contribution in [0, 0.1) is 6.92 Å². The molecule has 1 saturated carbocycles. The fraction of sp³-hybridized carbons (Fsp3) is 0.278. The lowest BCUT2D eigenvalue weighted by atomic mass is 10.1. The molecule has 0 spiro atoms. The highest BCUT2D eigenvalue weighted by Crippen LogP contribution is 2.40. The largest absolute Gasteiger partial charge is 0.495 e. The fourth-order valence-electron chi connectivity index (χ4n) is 2.89. The molecule has 3 aromatic rings. The number of aromatic nitrogens is 2. The third-order valence-electron chi connectivity index (χ3n) is 4.36. The number of aryl methyl sites for hydroxylation is 1. The summed E-state index contributed by atoms with van der Waals surface area (Å²) in [5, 5.41) is 7.47. The minimum Gasteiger partial charge on any atom is -0.495 e. The van der Waals surface area contributed by atoms with Crippen LogP contribution in [0.4, 0.5) is 11.4 Å². The highest BCUT2D eigenvalue weighted by Gasteiger charge is 2.28. The molecule has 2 aromatic heterocycles. The number of methoxy groups -OCH3 is 1. The molecule has 0 saturated heterocycles. The minimum absolute atomic E-state index is 0.245. The van der Waals surface area contributed by atoms with Crippen LogP contribution in [-0.2, 0) is 0 Å². The third-order valence-corrected chi connectivity index (χ3v) is 4.36. The molecular weight excluding hydrogens is 320 g/mol. The molecule has 7 nitrogen and oxygen atoms in total. The van der Waals surface area contributed by atoms with Crippen LogP contribution in [0.25, 0.3) is 11.1 Å². The Kier molecular flexibility index (Phi) is 3.56. The van der Waals surface area contributed by atoms with Gasteiger partial charge in [-0.15, -0.1) is 0 Å².